The Morgan fingerprint density at radius 1 is 0.550 bits per heavy atom. The average molecular weight is 537 g/mol. The molecule has 0 unspecified atom stereocenters. The smallest absolute Gasteiger partial charge is 0.343 e. The number of hydrogen-bond donors (Lipinski definition) is 0. The second kappa shape index (κ2) is 12.8. The van der Waals surface area contributed by atoms with Crippen molar-refractivity contribution in [2.45, 2.75) is 13.2 Å². The molecule has 0 saturated carbocycles. The third-order valence-corrected chi connectivity index (χ3v) is 5.72. The maximum absolute atomic E-state index is 12.8. The lowest BCUT2D eigenvalue weighted by atomic mass is 10.1. The van der Waals surface area contributed by atoms with Crippen LogP contribution >= 0.6 is 0 Å². The largest absolute Gasteiger partial charge is 0.458 e. The van der Waals surface area contributed by atoms with Gasteiger partial charge in [0.1, 0.15) is 24.7 Å². The van der Waals surface area contributed by atoms with E-state index in [9.17, 15) is 19.2 Å². The van der Waals surface area contributed by atoms with Gasteiger partial charge in [-0.15, -0.1) is 0 Å². The van der Waals surface area contributed by atoms with Crippen LogP contribution in [0.5, 0.6) is 11.5 Å². The summed E-state index contributed by atoms with van der Waals surface area (Å²) in [5.41, 5.74) is 2.02. The van der Waals surface area contributed by atoms with Crippen molar-refractivity contribution >= 4 is 34.6 Å². The monoisotopic (exact) mass is 536 g/mol. The Bertz CT molecular complexity index is 1460. The van der Waals surface area contributed by atoms with E-state index in [0.717, 1.165) is 12.2 Å². The summed E-state index contributed by atoms with van der Waals surface area (Å²) >= 11 is 0. The van der Waals surface area contributed by atoms with Crippen LogP contribution in [0.2, 0.25) is 0 Å². The zero-order chi connectivity index (χ0) is 28.5. The molecule has 0 aliphatic rings. The van der Waals surface area contributed by atoms with Crippen molar-refractivity contribution in [2.24, 2.45) is 0 Å². The minimum Gasteiger partial charge on any atom is -0.458 e. The van der Waals surface area contributed by atoms with Gasteiger partial charge in [0.05, 0.1) is 11.1 Å². The highest BCUT2D eigenvalue weighted by atomic mass is 16.5. The van der Waals surface area contributed by atoms with E-state index in [0.29, 0.717) is 44.5 Å². The number of rotatable bonds is 10. The Morgan fingerprint density at radius 2 is 0.925 bits per heavy atom. The van der Waals surface area contributed by atoms with Crippen molar-refractivity contribution in [3.63, 3.8) is 0 Å². The van der Waals surface area contributed by atoms with Crippen LogP contribution in [0.4, 0.5) is 0 Å². The van der Waals surface area contributed by atoms with Crippen LogP contribution in [0.1, 0.15) is 31.8 Å². The lowest BCUT2D eigenvalue weighted by molar-refractivity contribution is -0.139. The Balaban J connectivity index is 1.46. The van der Waals surface area contributed by atoms with Crippen LogP contribution in [0, 0.1) is 0 Å². The zero-order valence-electron chi connectivity index (χ0n) is 21.3. The molecular weight excluding hydrogens is 512 g/mol. The first-order chi connectivity index (χ1) is 19.4. The van der Waals surface area contributed by atoms with Gasteiger partial charge < -0.3 is 18.9 Å². The van der Waals surface area contributed by atoms with Crippen LogP contribution in [0.3, 0.4) is 0 Å². The van der Waals surface area contributed by atoms with Gasteiger partial charge in [-0.3, -0.25) is 0 Å². The van der Waals surface area contributed by atoms with Crippen LogP contribution in [-0.2, 0) is 32.3 Å². The summed E-state index contributed by atoms with van der Waals surface area (Å²) in [6, 6.07) is 23.1. The molecule has 0 spiro atoms. The molecule has 0 amide bonds. The molecule has 40 heavy (non-hydrogen) atoms. The van der Waals surface area contributed by atoms with E-state index in [1.54, 1.807) is 84.9 Å². The molecule has 200 valence electrons. The Labute approximate surface area is 230 Å². The molecule has 0 aromatic heterocycles. The van der Waals surface area contributed by atoms with Gasteiger partial charge in [0.25, 0.3) is 0 Å². The summed E-state index contributed by atoms with van der Waals surface area (Å²) in [7, 11) is 0. The third kappa shape index (κ3) is 6.87. The van der Waals surface area contributed by atoms with Gasteiger partial charge in [0, 0.05) is 22.9 Å². The van der Waals surface area contributed by atoms with Gasteiger partial charge in [-0.2, -0.15) is 0 Å². The van der Waals surface area contributed by atoms with Gasteiger partial charge >= 0.3 is 23.9 Å². The predicted molar refractivity (Wildman–Crippen MR) is 147 cm³/mol. The highest BCUT2D eigenvalue weighted by Crippen LogP contribution is 2.33. The van der Waals surface area contributed by atoms with E-state index in [4.69, 9.17) is 18.9 Å². The third-order valence-electron chi connectivity index (χ3n) is 5.72. The zero-order valence-corrected chi connectivity index (χ0v) is 21.3. The maximum Gasteiger partial charge on any atom is 0.343 e. The maximum atomic E-state index is 12.8. The van der Waals surface area contributed by atoms with E-state index in [1.165, 1.54) is 0 Å². The fourth-order valence-electron chi connectivity index (χ4n) is 3.65. The summed E-state index contributed by atoms with van der Waals surface area (Å²) in [6.07, 6.45) is 2.15. The predicted octanol–water partition coefficient (Wildman–Crippen LogP) is 5.74. The fraction of sp³-hybridized carbons (Fsp3) is 0.0625. The fourth-order valence-corrected chi connectivity index (χ4v) is 3.65. The minimum absolute atomic E-state index is 0.0559. The van der Waals surface area contributed by atoms with Crippen LogP contribution in [0.15, 0.2) is 110 Å². The molecule has 0 aliphatic heterocycles. The topological polar surface area (TPSA) is 105 Å². The molecule has 0 fully saturated rings. The van der Waals surface area contributed by atoms with Gasteiger partial charge in [0.2, 0.25) is 0 Å². The number of hydrogen-bond acceptors (Lipinski definition) is 8. The number of benzene rings is 4. The molecule has 4 aromatic rings. The highest BCUT2D eigenvalue weighted by molar-refractivity contribution is 5.99. The molecule has 0 bridgehead atoms. The first-order valence-electron chi connectivity index (χ1n) is 12.1. The van der Waals surface area contributed by atoms with Crippen LogP contribution in [0.25, 0.3) is 10.8 Å². The lowest BCUT2D eigenvalue weighted by Gasteiger charge is -2.12. The molecule has 0 heterocycles. The molecule has 8 heteroatoms. The average Bonchev–Trinajstić information content (AvgIpc) is 2.99. The van der Waals surface area contributed by atoms with Gasteiger partial charge in [-0.25, -0.2) is 19.2 Å². The molecule has 8 nitrogen and oxygen atoms in total. The molecule has 0 atom stereocenters. The van der Waals surface area contributed by atoms with E-state index >= 15 is 0 Å². The van der Waals surface area contributed by atoms with Crippen molar-refractivity contribution in [1.29, 1.82) is 0 Å². The van der Waals surface area contributed by atoms with Crippen molar-refractivity contribution in [3.8, 4) is 11.5 Å². The van der Waals surface area contributed by atoms with Crippen molar-refractivity contribution in [2.75, 3.05) is 0 Å². The number of carbonyl (C=O) groups is 4. The first-order valence-corrected chi connectivity index (χ1v) is 12.1. The Morgan fingerprint density at radius 3 is 1.27 bits per heavy atom. The van der Waals surface area contributed by atoms with E-state index in [1.807, 2.05) is 0 Å². The molecule has 0 radical (unpaired) electrons. The number of ether oxygens (including phenoxy) is 4. The quantitative estimate of drug-likeness (QED) is 0.144. The summed E-state index contributed by atoms with van der Waals surface area (Å²) in [6.45, 7) is 6.80. The van der Waals surface area contributed by atoms with E-state index < -0.39 is 23.9 Å². The summed E-state index contributed by atoms with van der Waals surface area (Å²) in [5, 5.41) is 1.15. The SMILES string of the molecule is C=CC(=O)OCc1ccc(C(=O)Oc2cccc3c(OC(=O)c4ccc(COC(=O)C=C)cc4)cccc23)cc1. The Kier molecular flexibility index (Phi) is 8.84. The molecule has 4 rings (SSSR count). The summed E-state index contributed by atoms with van der Waals surface area (Å²) < 4.78 is 21.3. The number of fused-ring (bicyclic) bond motifs is 1. The second-order valence-electron chi connectivity index (χ2n) is 8.40. The van der Waals surface area contributed by atoms with E-state index in [-0.39, 0.29) is 13.2 Å². The summed E-state index contributed by atoms with van der Waals surface area (Å²) in [5.74, 6) is -1.64. The van der Waals surface area contributed by atoms with Crippen LogP contribution in [-0.4, -0.2) is 23.9 Å². The first kappa shape index (κ1) is 27.5. The van der Waals surface area contributed by atoms with Gasteiger partial charge in [0.15, 0.2) is 0 Å². The van der Waals surface area contributed by atoms with Gasteiger partial charge in [-0.1, -0.05) is 61.7 Å². The molecule has 0 saturated heterocycles. The number of carbonyl (C=O) groups excluding carboxylic acids is 4. The van der Waals surface area contributed by atoms with Crippen molar-refractivity contribution in [3.05, 3.63) is 132 Å². The second-order valence-corrected chi connectivity index (χ2v) is 8.40. The van der Waals surface area contributed by atoms with Gasteiger partial charge in [-0.05, 0) is 47.5 Å². The minimum atomic E-state index is -0.580. The van der Waals surface area contributed by atoms with Crippen LogP contribution < -0.4 is 9.47 Å². The standard InChI is InChI=1S/C32H24O8/c1-3-29(33)37-19-21-11-15-23(16-12-21)31(35)39-27-9-5-8-26-25(27)7-6-10-28(26)40-32(36)24-17-13-22(14-18-24)20-38-30(34)4-2/h3-18H,1-2,19-20H2. The summed E-state index contributed by atoms with van der Waals surface area (Å²) in [4.78, 5) is 48.1. The molecule has 0 aliphatic carbocycles. The molecular formula is C32H24O8. The molecule has 4 aromatic carbocycles. The van der Waals surface area contributed by atoms with E-state index in [2.05, 4.69) is 13.2 Å². The number of esters is 4. The van der Waals surface area contributed by atoms with Crippen molar-refractivity contribution < 1.29 is 38.1 Å². The lowest BCUT2D eigenvalue weighted by Crippen LogP contribution is -2.10. The Hall–Kier alpha value is -5.50. The molecule has 0 N–H and O–H groups in total. The highest BCUT2D eigenvalue weighted by Gasteiger charge is 2.15. The van der Waals surface area contributed by atoms with Crippen molar-refractivity contribution in [1.82, 2.24) is 0 Å². The normalized spacial score (nSPS) is 10.3.